The number of hydrogen-bond donors (Lipinski definition) is 2. The van der Waals surface area contributed by atoms with Crippen LogP contribution < -0.4 is 5.73 Å². The van der Waals surface area contributed by atoms with Crippen molar-refractivity contribution in [3.8, 4) is 0 Å². The Balaban J connectivity index is 1.93. The number of carbonyl (C=O) groups is 1. The summed E-state index contributed by atoms with van der Waals surface area (Å²) in [6.07, 6.45) is 3.72. The van der Waals surface area contributed by atoms with E-state index in [1.807, 2.05) is 25.3 Å². The van der Waals surface area contributed by atoms with Gasteiger partial charge in [0, 0.05) is 24.2 Å². The third-order valence-corrected chi connectivity index (χ3v) is 3.18. The Bertz CT molecular complexity index is 548. The average Bonchev–Trinajstić information content (AvgIpc) is 2.86. The van der Waals surface area contributed by atoms with Gasteiger partial charge in [-0.25, -0.2) is 0 Å². The van der Waals surface area contributed by atoms with Crippen LogP contribution in [0.4, 0.5) is 0 Å². The molecule has 102 valence electrons. The summed E-state index contributed by atoms with van der Waals surface area (Å²) >= 11 is 0. The second-order valence-corrected chi connectivity index (χ2v) is 4.67. The Kier molecular flexibility index (Phi) is 4.58. The van der Waals surface area contributed by atoms with E-state index in [1.165, 1.54) is 10.9 Å². The lowest BCUT2D eigenvalue weighted by molar-refractivity contribution is -0.143. The predicted octanol–water partition coefficient (Wildman–Crippen LogP) is 2.38. The molecule has 1 atom stereocenters. The molecule has 1 unspecified atom stereocenters. The second kappa shape index (κ2) is 6.38. The Morgan fingerprint density at radius 3 is 3.05 bits per heavy atom. The largest absolute Gasteiger partial charge is 0.466 e. The molecule has 4 nitrogen and oxygen atoms in total. The highest BCUT2D eigenvalue weighted by molar-refractivity contribution is 5.82. The van der Waals surface area contributed by atoms with Crippen LogP contribution in [0.3, 0.4) is 0 Å². The minimum Gasteiger partial charge on any atom is -0.466 e. The van der Waals surface area contributed by atoms with Crippen molar-refractivity contribution in [2.45, 2.75) is 32.2 Å². The van der Waals surface area contributed by atoms with E-state index in [0.29, 0.717) is 19.4 Å². The molecule has 0 saturated heterocycles. The van der Waals surface area contributed by atoms with Crippen LogP contribution in [0.5, 0.6) is 0 Å². The van der Waals surface area contributed by atoms with Crippen LogP contribution in [0.1, 0.15) is 25.3 Å². The van der Waals surface area contributed by atoms with Gasteiger partial charge in [0.1, 0.15) is 0 Å². The molecule has 3 N–H and O–H groups in total. The summed E-state index contributed by atoms with van der Waals surface area (Å²) in [6.45, 7) is 2.24. The normalized spacial score (nSPS) is 12.5. The summed E-state index contributed by atoms with van der Waals surface area (Å²) in [7, 11) is 0. The second-order valence-electron chi connectivity index (χ2n) is 4.67. The summed E-state index contributed by atoms with van der Waals surface area (Å²) in [6, 6.07) is 8.19. The van der Waals surface area contributed by atoms with E-state index in [2.05, 4.69) is 17.1 Å². The van der Waals surface area contributed by atoms with E-state index in [9.17, 15) is 4.79 Å². The Hall–Kier alpha value is -1.81. The first-order chi connectivity index (χ1) is 9.20. The molecule has 0 fully saturated rings. The van der Waals surface area contributed by atoms with Crippen LogP contribution >= 0.6 is 0 Å². The molecule has 0 aliphatic carbocycles. The Labute approximate surface area is 112 Å². The van der Waals surface area contributed by atoms with Crippen molar-refractivity contribution in [2.75, 3.05) is 6.61 Å². The lowest BCUT2D eigenvalue weighted by Crippen LogP contribution is -2.24. The minimum atomic E-state index is -0.170. The quantitative estimate of drug-likeness (QED) is 0.783. The van der Waals surface area contributed by atoms with Gasteiger partial charge in [-0.2, -0.15) is 0 Å². The van der Waals surface area contributed by atoms with Crippen LogP contribution in [0.25, 0.3) is 10.9 Å². The number of H-pyrrole nitrogens is 1. The van der Waals surface area contributed by atoms with Gasteiger partial charge in [0.05, 0.1) is 6.61 Å². The predicted molar refractivity (Wildman–Crippen MR) is 75.8 cm³/mol. The minimum absolute atomic E-state index is 0.0293. The van der Waals surface area contributed by atoms with Crippen LogP contribution in [-0.4, -0.2) is 23.6 Å². The molecule has 0 amide bonds. The fourth-order valence-corrected chi connectivity index (χ4v) is 2.24. The molecule has 0 radical (unpaired) electrons. The van der Waals surface area contributed by atoms with E-state index in [0.717, 1.165) is 11.9 Å². The van der Waals surface area contributed by atoms with Gasteiger partial charge in [0.15, 0.2) is 0 Å². The van der Waals surface area contributed by atoms with Crippen LogP contribution in [0, 0.1) is 0 Å². The standard InChI is InChI=1S/C15H20N2O2/c1-2-19-14(18)7-6-13(16)10-12-5-3-4-11-8-9-17-15(11)12/h3-5,8-9,13,17H,2,6-7,10,16H2,1H3. The highest BCUT2D eigenvalue weighted by atomic mass is 16.5. The number of nitrogens with two attached hydrogens (primary N) is 1. The van der Waals surface area contributed by atoms with Gasteiger partial charge in [0.2, 0.25) is 0 Å². The maximum atomic E-state index is 11.3. The van der Waals surface area contributed by atoms with Gasteiger partial charge in [-0.15, -0.1) is 0 Å². The third-order valence-electron chi connectivity index (χ3n) is 3.18. The molecule has 2 aromatic rings. The van der Waals surface area contributed by atoms with E-state index in [1.54, 1.807) is 0 Å². The monoisotopic (exact) mass is 260 g/mol. The van der Waals surface area contributed by atoms with E-state index in [-0.39, 0.29) is 12.0 Å². The number of hydrogen-bond acceptors (Lipinski definition) is 3. The first-order valence-electron chi connectivity index (χ1n) is 6.67. The first-order valence-corrected chi connectivity index (χ1v) is 6.67. The molecular formula is C15H20N2O2. The molecule has 19 heavy (non-hydrogen) atoms. The molecule has 2 rings (SSSR count). The smallest absolute Gasteiger partial charge is 0.305 e. The fourth-order valence-electron chi connectivity index (χ4n) is 2.24. The average molecular weight is 260 g/mol. The maximum Gasteiger partial charge on any atom is 0.305 e. The number of rotatable bonds is 6. The SMILES string of the molecule is CCOC(=O)CCC(N)Cc1cccc2cc[nH]c12. The molecule has 1 aromatic carbocycles. The van der Waals surface area contributed by atoms with Gasteiger partial charge in [0.25, 0.3) is 0 Å². The zero-order valence-electron chi connectivity index (χ0n) is 11.2. The van der Waals surface area contributed by atoms with Crippen molar-refractivity contribution in [1.29, 1.82) is 0 Å². The number of aromatic nitrogens is 1. The number of ether oxygens (including phenoxy) is 1. The summed E-state index contributed by atoms with van der Waals surface area (Å²) < 4.78 is 4.90. The summed E-state index contributed by atoms with van der Waals surface area (Å²) in [5.74, 6) is -0.170. The van der Waals surface area contributed by atoms with Crippen LogP contribution in [-0.2, 0) is 16.0 Å². The van der Waals surface area contributed by atoms with Crippen molar-refractivity contribution in [1.82, 2.24) is 4.98 Å². The summed E-state index contributed by atoms with van der Waals surface area (Å²) in [5.41, 5.74) is 8.42. The highest BCUT2D eigenvalue weighted by Gasteiger charge is 2.10. The molecule has 1 aromatic heterocycles. The van der Waals surface area contributed by atoms with Crippen molar-refractivity contribution in [3.63, 3.8) is 0 Å². The molecular weight excluding hydrogens is 240 g/mol. The number of fused-ring (bicyclic) bond motifs is 1. The third kappa shape index (κ3) is 3.58. The first kappa shape index (κ1) is 13.6. The van der Waals surface area contributed by atoms with Gasteiger partial charge in [-0.05, 0) is 36.8 Å². The van der Waals surface area contributed by atoms with Crippen LogP contribution in [0.15, 0.2) is 30.5 Å². The molecule has 0 spiro atoms. The Morgan fingerprint density at radius 1 is 1.42 bits per heavy atom. The number of carbonyl (C=O) groups excluding carboxylic acids is 1. The van der Waals surface area contributed by atoms with Crippen molar-refractivity contribution in [3.05, 3.63) is 36.0 Å². The lowest BCUT2D eigenvalue weighted by atomic mass is 10.0. The molecule has 4 heteroatoms. The van der Waals surface area contributed by atoms with Crippen LogP contribution in [0.2, 0.25) is 0 Å². The summed E-state index contributed by atoms with van der Waals surface area (Å²) in [5, 5.41) is 1.19. The highest BCUT2D eigenvalue weighted by Crippen LogP contribution is 2.18. The van der Waals surface area contributed by atoms with E-state index < -0.39 is 0 Å². The molecule has 0 aliphatic rings. The van der Waals surface area contributed by atoms with Crippen molar-refractivity contribution < 1.29 is 9.53 Å². The van der Waals surface area contributed by atoms with E-state index >= 15 is 0 Å². The van der Waals surface area contributed by atoms with Gasteiger partial charge >= 0.3 is 5.97 Å². The van der Waals surface area contributed by atoms with Gasteiger partial charge in [-0.3, -0.25) is 4.79 Å². The van der Waals surface area contributed by atoms with Crippen molar-refractivity contribution >= 4 is 16.9 Å². The number of benzene rings is 1. The number of nitrogens with one attached hydrogen (secondary N) is 1. The number of aromatic amines is 1. The van der Waals surface area contributed by atoms with E-state index in [4.69, 9.17) is 10.5 Å². The number of para-hydroxylation sites is 1. The Morgan fingerprint density at radius 2 is 2.26 bits per heavy atom. The lowest BCUT2D eigenvalue weighted by Gasteiger charge is -2.12. The molecule has 1 heterocycles. The number of esters is 1. The zero-order valence-corrected chi connectivity index (χ0v) is 11.2. The molecule has 0 bridgehead atoms. The maximum absolute atomic E-state index is 11.3. The topological polar surface area (TPSA) is 68.1 Å². The van der Waals surface area contributed by atoms with Gasteiger partial charge < -0.3 is 15.5 Å². The molecule has 0 saturated carbocycles. The van der Waals surface area contributed by atoms with Crippen molar-refractivity contribution in [2.24, 2.45) is 5.73 Å². The zero-order chi connectivity index (χ0) is 13.7. The fraction of sp³-hybridized carbons (Fsp3) is 0.400. The summed E-state index contributed by atoms with van der Waals surface area (Å²) in [4.78, 5) is 14.5. The van der Waals surface area contributed by atoms with Gasteiger partial charge in [-0.1, -0.05) is 18.2 Å². The molecule has 0 aliphatic heterocycles.